The van der Waals surface area contributed by atoms with Gasteiger partial charge in [-0.15, -0.1) is 0 Å². The molecule has 0 radical (unpaired) electrons. The van der Waals surface area contributed by atoms with E-state index in [-0.39, 0.29) is 28.9 Å². The third-order valence-corrected chi connectivity index (χ3v) is 6.79. The minimum absolute atomic E-state index is 0.0835. The number of anilines is 1. The van der Waals surface area contributed by atoms with Crippen molar-refractivity contribution in [2.24, 2.45) is 0 Å². The van der Waals surface area contributed by atoms with Gasteiger partial charge in [-0.1, -0.05) is 12.1 Å². The van der Waals surface area contributed by atoms with E-state index in [2.05, 4.69) is 9.88 Å². The molecule has 1 aromatic heterocycles. The van der Waals surface area contributed by atoms with Crippen molar-refractivity contribution in [3.8, 4) is 17.0 Å². The smallest absolute Gasteiger partial charge is 0.411 e. The van der Waals surface area contributed by atoms with Crippen LogP contribution in [0.4, 0.5) is 16.2 Å². The highest BCUT2D eigenvalue weighted by Crippen LogP contribution is 2.47. The quantitative estimate of drug-likeness (QED) is 0.299. The standard InChI is InChI=1S/C27H31N3O6/c1-17(2)35-27(31)28-19-8-6-18(7-9-19)25-26(30(32)33)23-11-10-22(36-21-12-14-34-15-13-21)16-24(23)29(25)20-4-3-5-20/h6-11,16-17,20-21H,3-5,12-15H2,1-2H3,(H,28,31). The van der Waals surface area contributed by atoms with Crippen molar-refractivity contribution in [1.29, 1.82) is 0 Å². The normalized spacial score (nSPS) is 16.6. The van der Waals surface area contributed by atoms with E-state index >= 15 is 0 Å². The fourth-order valence-corrected chi connectivity index (χ4v) is 4.89. The summed E-state index contributed by atoms with van der Waals surface area (Å²) < 4.78 is 18.9. The van der Waals surface area contributed by atoms with Crippen molar-refractivity contribution in [2.45, 2.75) is 64.2 Å². The second-order valence-corrected chi connectivity index (χ2v) is 9.67. The molecule has 3 aromatic rings. The SMILES string of the molecule is CC(C)OC(=O)Nc1ccc(-c2c([N+](=O)[O-])c3ccc(OC4CCOCC4)cc3n2C2CCC2)cc1. The maximum atomic E-state index is 12.3. The molecule has 1 N–H and O–H groups in total. The van der Waals surface area contributed by atoms with Gasteiger partial charge in [-0.25, -0.2) is 4.79 Å². The first-order valence-electron chi connectivity index (χ1n) is 12.6. The van der Waals surface area contributed by atoms with E-state index in [1.54, 1.807) is 44.2 Å². The molecule has 2 fully saturated rings. The summed E-state index contributed by atoms with van der Waals surface area (Å²) >= 11 is 0. The van der Waals surface area contributed by atoms with E-state index in [1.165, 1.54) is 0 Å². The fraction of sp³-hybridized carbons (Fsp3) is 0.444. The first kappa shape index (κ1) is 24.1. The first-order valence-corrected chi connectivity index (χ1v) is 12.6. The number of amides is 1. The van der Waals surface area contributed by atoms with Crippen LogP contribution in [0.15, 0.2) is 42.5 Å². The molecular weight excluding hydrogens is 462 g/mol. The molecule has 0 spiro atoms. The number of nitrogens with one attached hydrogen (secondary N) is 1. The zero-order valence-electron chi connectivity index (χ0n) is 20.6. The molecule has 190 valence electrons. The molecule has 1 aliphatic heterocycles. The van der Waals surface area contributed by atoms with Gasteiger partial charge >= 0.3 is 11.8 Å². The largest absolute Gasteiger partial charge is 0.490 e. The van der Waals surface area contributed by atoms with Crippen LogP contribution in [0.3, 0.4) is 0 Å². The molecule has 2 aromatic carbocycles. The van der Waals surface area contributed by atoms with E-state index in [0.29, 0.717) is 30.0 Å². The zero-order valence-corrected chi connectivity index (χ0v) is 20.6. The van der Waals surface area contributed by atoms with Crippen LogP contribution in [0.1, 0.15) is 52.0 Å². The molecule has 0 bridgehead atoms. The Balaban J connectivity index is 1.54. The molecule has 5 rings (SSSR count). The predicted octanol–water partition coefficient (Wildman–Crippen LogP) is 6.46. The summed E-state index contributed by atoms with van der Waals surface area (Å²) in [5, 5.41) is 15.6. The van der Waals surface area contributed by atoms with Crippen LogP contribution in [-0.4, -0.2) is 41.0 Å². The number of carbonyl (C=O) groups is 1. The summed E-state index contributed by atoms with van der Waals surface area (Å²) in [5.74, 6) is 0.720. The van der Waals surface area contributed by atoms with Crippen LogP contribution in [0.2, 0.25) is 0 Å². The highest BCUT2D eigenvalue weighted by Gasteiger charge is 2.33. The molecule has 36 heavy (non-hydrogen) atoms. The van der Waals surface area contributed by atoms with Gasteiger partial charge in [0.05, 0.1) is 35.1 Å². The Bertz CT molecular complexity index is 1260. The van der Waals surface area contributed by atoms with Gasteiger partial charge in [0.2, 0.25) is 0 Å². The number of nitro groups is 1. The van der Waals surface area contributed by atoms with E-state index in [4.69, 9.17) is 14.2 Å². The number of hydrogen-bond donors (Lipinski definition) is 1. The molecule has 1 saturated heterocycles. The molecule has 1 amide bonds. The average Bonchev–Trinajstić information content (AvgIpc) is 3.13. The maximum Gasteiger partial charge on any atom is 0.411 e. The van der Waals surface area contributed by atoms with Crippen LogP contribution in [0.25, 0.3) is 22.2 Å². The van der Waals surface area contributed by atoms with Gasteiger partial charge in [-0.2, -0.15) is 0 Å². The maximum absolute atomic E-state index is 12.3. The van der Waals surface area contributed by atoms with Crippen LogP contribution >= 0.6 is 0 Å². The molecule has 2 heterocycles. The number of carbonyl (C=O) groups excluding carboxylic acids is 1. The average molecular weight is 494 g/mol. The van der Waals surface area contributed by atoms with Gasteiger partial charge in [-0.3, -0.25) is 15.4 Å². The van der Waals surface area contributed by atoms with Crippen molar-refractivity contribution in [2.75, 3.05) is 18.5 Å². The number of benzene rings is 2. The Kier molecular flexibility index (Phi) is 6.82. The summed E-state index contributed by atoms with van der Waals surface area (Å²) in [6, 6.07) is 12.9. The molecule has 0 atom stereocenters. The van der Waals surface area contributed by atoms with Crippen molar-refractivity contribution in [3.05, 3.63) is 52.6 Å². The number of hydrogen-bond acceptors (Lipinski definition) is 6. The highest BCUT2D eigenvalue weighted by molar-refractivity contribution is 5.99. The van der Waals surface area contributed by atoms with E-state index < -0.39 is 6.09 Å². The lowest BCUT2D eigenvalue weighted by molar-refractivity contribution is -0.382. The lowest BCUT2D eigenvalue weighted by Gasteiger charge is -2.30. The highest BCUT2D eigenvalue weighted by atomic mass is 16.6. The number of rotatable bonds is 7. The van der Waals surface area contributed by atoms with Gasteiger partial charge in [0.1, 0.15) is 17.5 Å². The molecule has 1 saturated carbocycles. The Morgan fingerprint density at radius 1 is 1.11 bits per heavy atom. The number of ether oxygens (including phenoxy) is 3. The Morgan fingerprint density at radius 3 is 2.44 bits per heavy atom. The van der Waals surface area contributed by atoms with E-state index in [0.717, 1.165) is 48.9 Å². The second-order valence-electron chi connectivity index (χ2n) is 9.67. The van der Waals surface area contributed by atoms with Crippen molar-refractivity contribution in [3.63, 3.8) is 0 Å². The van der Waals surface area contributed by atoms with Crippen molar-refractivity contribution in [1.82, 2.24) is 4.57 Å². The summed E-state index contributed by atoms with van der Waals surface area (Å²) in [7, 11) is 0. The monoisotopic (exact) mass is 493 g/mol. The fourth-order valence-electron chi connectivity index (χ4n) is 4.89. The van der Waals surface area contributed by atoms with Crippen LogP contribution < -0.4 is 10.1 Å². The number of fused-ring (bicyclic) bond motifs is 1. The second kappa shape index (κ2) is 10.2. The topological polar surface area (TPSA) is 105 Å². The minimum Gasteiger partial charge on any atom is -0.490 e. The molecular formula is C27H31N3O6. The minimum atomic E-state index is -0.538. The molecule has 0 unspecified atom stereocenters. The summed E-state index contributed by atoms with van der Waals surface area (Å²) in [4.78, 5) is 24.0. The number of aromatic nitrogens is 1. The van der Waals surface area contributed by atoms with E-state index in [9.17, 15) is 14.9 Å². The summed E-state index contributed by atoms with van der Waals surface area (Å²) in [5.41, 5.74) is 2.77. The lowest BCUT2D eigenvalue weighted by Crippen LogP contribution is -2.25. The van der Waals surface area contributed by atoms with Crippen LogP contribution in [-0.2, 0) is 9.47 Å². The van der Waals surface area contributed by atoms with Crippen LogP contribution in [0.5, 0.6) is 5.75 Å². The number of nitrogens with zero attached hydrogens (tertiary/aromatic N) is 2. The van der Waals surface area contributed by atoms with Crippen molar-refractivity contribution >= 4 is 28.4 Å². The molecule has 9 heteroatoms. The van der Waals surface area contributed by atoms with Gasteiger partial charge in [0.25, 0.3) is 0 Å². The Hall–Kier alpha value is -3.59. The third kappa shape index (κ3) is 4.88. The molecule has 2 aliphatic rings. The van der Waals surface area contributed by atoms with Gasteiger partial charge in [-0.05, 0) is 57.4 Å². The summed E-state index contributed by atoms with van der Waals surface area (Å²) in [6.07, 6.45) is 4.02. The Labute approximate surface area is 209 Å². The lowest BCUT2D eigenvalue weighted by atomic mass is 9.92. The predicted molar refractivity (Wildman–Crippen MR) is 137 cm³/mol. The van der Waals surface area contributed by atoms with Crippen LogP contribution in [0, 0.1) is 10.1 Å². The van der Waals surface area contributed by atoms with Crippen molar-refractivity contribution < 1.29 is 23.9 Å². The van der Waals surface area contributed by atoms with E-state index in [1.807, 2.05) is 12.1 Å². The Morgan fingerprint density at radius 2 is 1.83 bits per heavy atom. The molecule has 1 aliphatic carbocycles. The van der Waals surface area contributed by atoms with Gasteiger partial charge in [0, 0.05) is 36.2 Å². The zero-order chi connectivity index (χ0) is 25.2. The first-order chi connectivity index (χ1) is 17.4. The van der Waals surface area contributed by atoms with Gasteiger partial charge < -0.3 is 18.8 Å². The summed E-state index contributed by atoms with van der Waals surface area (Å²) in [6.45, 7) is 4.92. The molecule has 9 nitrogen and oxygen atoms in total. The third-order valence-electron chi connectivity index (χ3n) is 6.79. The van der Waals surface area contributed by atoms with Gasteiger partial charge in [0.15, 0.2) is 0 Å².